The Hall–Kier alpha value is -2.69. The number of rotatable bonds is 7. The van der Waals surface area contributed by atoms with Crippen LogP contribution < -0.4 is 14.9 Å². The van der Waals surface area contributed by atoms with Crippen LogP contribution in [-0.2, 0) is 6.61 Å². The summed E-state index contributed by atoms with van der Waals surface area (Å²) in [6.07, 6.45) is 1.68. The standard InChI is InChI=1S/C22H20Cl2N2O2/c1-15-9-10-19(12-20(15)24)26-25-13-17-6-4-8-21(27-2)22(17)28-14-16-5-3-7-18(23)11-16/h3-13,26H,14H2,1-2H3. The van der Waals surface area contributed by atoms with Gasteiger partial charge in [-0.1, -0.05) is 47.5 Å². The fourth-order valence-electron chi connectivity index (χ4n) is 2.57. The van der Waals surface area contributed by atoms with Crippen LogP contribution >= 0.6 is 23.2 Å². The van der Waals surface area contributed by atoms with Gasteiger partial charge in [-0.3, -0.25) is 5.43 Å². The van der Waals surface area contributed by atoms with E-state index in [1.807, 2.05) is 67.6 Å². The lowest BCUT2D eigenvalue weighted by Gasteiger charge is -2.13. The van der Waals surface area contributed by atoms with Crippen LogP contribution in [0, 0.1) is 6.92 Å². The molecule has 0 aliphatic heterocycles. The highest BCUT2D eigenvalue weighted by atomic mass is 35.5. The first-order chi connectivity index (χ1) is 13.6. The third-order valence-corrected chi connectivity index (χ3v) is 4.71. The second kappa shape index (κ2) is 9.49. The number of anilines is 1. The molecule has 0 aromatic heterocycles. The Morgan fingerprint density at radius 1 is 1.04 bits per heavy atom. The van der Waals surface area contributed by atoms with E-state index in [2.05, 4.69) is 10.5 Å². The Morgan fingerprint density at radius 2 is 1.86 bits per heavy atom. The number of hydrogen-bond acceptors (Lipinski definition) is 4. The van der Waals surface area contributed by atoms with E-state index in [1.165, 1.54) is 0 Å². The molecule has 1 N–H and O–H groups in total. The maximum Gasteiger partial charge on any atom is 0.170 e. The summed E-state index contributed by atoms with van der Waals surface area (Å²) in [4.78, 5) is 0. The Balaban J connectivity index is 1.77. The second-order valence-electron chi connectivity index (χ2n) is 6.13. The summed E-state index contributed by atoms with van der Waals surface area (Å²) in [6.45, 7) is 2.32. The van der Waals surface area contributed by atoms with E-state index in [4.69, 9.17) is 32.7 Å². The number of ether oxygens (including phenoxy) is 2. The van der Waals surface area contributed by atoms with Gasteiger partial charge in [0.1, 0.15) is 6.61 Å². The largest absolute Gasteiger partial charge is 0.493 e. The molecule has 0 aliphatic rings. The van der Waals surface area contributed by atoms with Gasteiger partial charge in [-0.25, -0.2) is 0 Å². The first-order valence-corrected chi connectivity index (χ1v) is 9.42. The molecular formula is C22H20Cl2N2O2. The highest BCUT2D eigenvalue weighted by Crippen LogP contribution is 2.31. The van der Waals surface area contributed by atoms with Crippen molar-refractivity contribution in [3.63, 3.8) is 0 Å². The van der Waals surface area contributed by atoms with Crippen molar-refractivity contribution < 1.29 is 9.47 Å². The number of hydrogen-bond donors (Lipinski definition) is 1. The third kappa shape index (κ3) is 5.18. The molecule has 3 aromatic rings. The number of hydrazone groups is 1. The highest BCUT2D eigenvalue weighted by molar-refractivity contribution is 6.31. The molecule has 0 saturated carbocycles. The molecule has 3 rings (SSSR count). The van der Waals surface area contributed by atoms with E-state index < -0.39 is 0 Å². The molecule has 3 aromatic carbocycles. The number of benzene rings is 3. The number of methoxy groups -OCH3 is 1. The molecule has 0 saturated heterocycles. The number of nitrogens with zero attached hydrogens (tertiary/aromatic N) is 1. The van der Waals surface area contributed by atoms with Gasteiger partial charge in [-0.05, 0) is 54.4 Å². The Bertz CT molecular complexity index is 990. The Morgan fingerprint density at radius 3 is 2.61 bits per heavy atom. The maximum absolute atomic E-state index is 6.15. The lowest BCUT2D eigenvalue weighted by atomic mass is 10.2. The summed E-state index contributed by atoms with van der Waals surface area (Å²) in [7, 11) is 1.61. The van der Waals surface area contributed by atoms with Gasteiger partial charge in [0.25, 0.3) is 0 Å². The summed E-state index contributed by atoms with van der Waals surface area (Å²) in [5, 5.41) is 5.65. The summed E-state index contributed by atoms with van der Waals surface area (Å²) < 4.78 is 11.5. The van der Waals surface area contributed by atoms with Crippen molar-refractivity contribution in [3.8, 4) is 11.5 Å². The smallest absolute Gasteiger partial charge is 0.170 e. The normalized spacial score (nSPS) is 10.9. The van der Waals surface area contributed by atoms with Crippen LogP contribution in [0.3, 0.4) is 0 Å². The SMILES string of the molecule is COc1cccc(C=NNc2ccc(C)c(Cl)c2)c1OCc1cccc(Cl)c1. The molecule has 0 unspecified atom stereocenters. The molecule has 4 nitrogen and oxygen atoms in total. The monoisotopic (exact) mass is 414 g/mol. The van der Waals surface area contributed by atoms with Crippen LogP contribution in [0.2, 0.25) is 10.0 Å². The van der Waals surface area contributed by atoms with Crippen molar-refractivity contribution in [2.45, 2.75) is 13.5 Å². The van der Waals surface area contributed by atoms with Crippen molar-refractivity contribution in [2.75, 3.05) is 12.5 Å². The van der Waals surface area contributed by atoms with Gasteiger partial charge in [0, 0.05) is 15.6 Å². The predicted molar refractivity (Wildman–Crippen MR) is 116 cm³/mol. The first-order valence-electron chi connectivity index (χ1n) is 8.66. The Kier molecular flexibility index (Phi) is 6.80. The van der Waals surface area contributed by atoms with Gasteiger partial charge in [-0.2, -0.15) is 5.10 Å². The molecule has 0 fully saturated rings. The molecular weight excluding hydrogens is 395 g/mol. The van der Waals surface area contributed by atoms with Crippen LogP contribution in [0.4, 0.5) is 5.69 Å². The Labute approximate surface area is 174 Å². The molecule has 0 heterocycles. The van der Waals surface area contributed by atoms with Gasteiger partial charge in [-0.15, -0.1) is 0 Å². The summed E-state index contributed by atoms with van der Waals surface area (Å²) in [5.74, 6) is 1.24. The summed E-state index contributed by atoms with van der Waals surface area (Å²) in [5.41, 5.74) is 6.55. The number of aryl methyl sites for hydroxylation is 1. The average molecular weight is 415 g/mol. The lowest BCUT2D eigenvalue weighted by Crippen LogP contribution is -2.01. The van der Waals surface area contributed by atoms with E-state index in [0.717, 1.165) is 22.4 Å². The van der Waals surface area contributed by atoms with Gasteiger partial charge in [0.05, 0.1) is 19.0 Å². The fourth-order valence-corrected chi connectivity index (χ4v) is 2.96. The molecule has 144 valence electrons. The van der Waals surface area contributed by atoms with E-state index in [1.54, 1.807) is 13.3 Å². The van der Waals surface area contributed by atoms with Gasteiger partial charge in [0.15, 0.2) is 11.5 Å². The second-order valence-corrected chi connectivity index (χ2v) is 6.97. The zero-order valence-corrected chi connectivity index (χ0v) is 17.1. The average Bonchev–Trinajstić information content (AvgIpc) is 2.69. The van der Waals surface area contributed by atoms with Crippen molar-refractivity contribution >= 4 is 35.1 Å². The van der Waals surface area contributed by atoms with E-state index in [0.29, 0.717) is 28.2 Å². The van der Waals surface area contributed by atoms with Crippen LogP contribution in [0.1, 0.15) is 16.7 Å². The molecule has 0 atom stereocenters. The topological polar surface area (TPSA) is 42.8 Å². The zero-order valence-electron chi connectivity index (χ0n) is 15.6. The quantitative estimate of drug-likeness (QED) is 0.362. The fraction of sp³-hybridized carbons (Fsp3) is 0.136. The van der Waals surface area contributed by atoms with Gasteiger partial charge in [0.2, 0.25) is 0 Å². The molecule has 0 amide bonds. The summed E-state index contributed by atoms with van der Waals surface area (Å²) in [6, 6.07) is 18.9. The molecule has 0 spiro atoms. The molecule has 0 aliphatic carbocycles. The van der Waals surface area contributed by atoms with Crippen molar-refractivity contribution in [1.29, 1.82) is 0 Å². The molecule has 28 heavy (non-hydrogen) atoms. The predicted octanol–water partition coefficient (Wildman–Crippen LogP) is 6.34. The maximum atomic E-state index is 6.15. The highest BCUT2D eigenvalue weighted by Gasteiger charge is 2.10. The van der Waals surface area contributed by atoms with Crippen molar-refractivity contribution in [2.24, 2.45) is 5.10 Å². The number of para-hydroxylation sites is 1. The zero-order chi connectivity index (χ0) is 19.9. The van der Waals surface area contributed by atoms with E-state index in [-0.39, 0.29) is 0 Å². The van der Waals surface area contributed by atoms with Crippen LogP contribution in [0.25, 0.3) is 0 Å². The minimum Gasteiger partial charge on any atom is -0.493 e. The van der Waals surface area contributed by atoms with Crippen molar-refractivity contribution in [3.05, 3.63) is 87.4 Å². The summed E-state index contributed by atoms with van der Waals surface area (Å²) >= 11 is 12.2. The molecule has 0 radical (unpaired) electrons. The van der Waals surface area contributed by atoms with Gasteiger partial charge < -0.3 is 9.47 Å². The minimum atomic E-state index is 0.364. The number of nitrogens with one attached hydrogen (secondary N) is 1. The minimum absolute atomic E-state index is 0.364. The van der Waals surface area contributed by atoms with Crippen molar-refractivity contribution in [1.82, 2.24) is 0 Å². The van der Waals surface area contributed by atoms with Crippen LogP contribution in [0.15, 0.2) is 65.8 Å². The van der Waals surface area contributed by atoms with E-state index in [9.17, 15) is 0 Å². The molecule has 0 bridgehead atoms. The van der Waals surface area contributed by atoms with Gasteiger partial charge >= 0.3 is 0 Å². The van der Waals surface area contributed by atoms with Crippen LogP contribution in [-0.4, -0.2) is 13.3 Å². The van der Waals surface area contributed by atoms with Crippen LogP contribution in [0.5, 0.6) is 11.5 Å². The van der Waals surface area contributed by atoms with E-state index >= 15 is 0 Å². The third-order valence-electron chi connectivity index (χ3n) is 4.07. The first kappa shape index (κ1) is 20.1. The lowest BCUT2D eigenvalue weighted by molar-refractivity contribution is 0.284. The number of halogens is 2. The molecule has 6 heteroatoms.